The lowest BCUT2D eigenvalue weighted by molar-refractivity contribution is -0.160. The molecule has 0 amide bonds. The molecule has 1 atom stereocenters. The molecule has 4 aromatic rings. The molecule has 0 radical (unpaired) electrons. The smallest absolute Gasteiger partial charge is 0.337 e. The van der Waals surface area contributed by atoms with E-state index < -0.39 is 17.7 Å². The number of aromatic nitrogens is 4. The summed E-state index contributed by atoms with van der Waals surface area (Å²) in [6.45, 7) is 11.6. The summed E-state index contributed by atoms with van der Waals surface area (Å²) in [5.41, 5.74) is 5.09. The molecule has 8 nitrogen and oxygen atoms in total. The van der Waals surface area contributed by atoms with Gasteiger partial charge in [-0.25, -0.2) is 14.8 Å². The molecule has 1 N–H and O–H groups in total. The Morgan fingerprint density at radius 2 is 1.80 bits per heavy atom. The van der Waals surface area contributed by atoms with Gasteiger partial charge < -0.3 is 14.7 Å². The third-order valence-electron chi connectivity index (χ3n) is 9.26. The Kier molecular flexibility index (Phi) is 8.54. The van der Waals surface area contributed by atoms with Crippen LogP contribution in [0, 0.1) is 12.3 Å². The largest absolute Gasteiger partial charge is 0.479 e. The lowest BCUT2D eigenvalue weighted by Gasteiger charge is -2.41. The average Bonchev–Trinajstić information content (AvgIpc) is 3.60. The van der Waals surface area contributed by atoms with Crippen LogP contribution in [-0.4, -0.2) is 49.3 Å². The molecule has 1 saturated heterocycles. The molecule has 1 fully saturated rings. The van der Waals surface area contributed by atoms with Crippen LogP contribution >= 0.6 is 11.3 Å². The van der Waals surface area contributed by atoms with Crippen LogP contribution in [0.3, 0.4) is 0 Å². The van der Waals surface area contributed by atoms with E-state index in [1.165, 1.54) is 48.1 Å². The number of nitrogens with zero attached hydrogens (tertiary/aromatic N) is 5. The second-order valence-corrected chi connectivity index (χ2v) is 15.1. The van der Waals surface area contributed by atoms with Gasteiger partial charge in [-0.2, -0.15) is 9.61 Å². The van der Waals surface area contributed by atoms with Gasteiger partial charge in [-0.15, -0.1) is 11.3 Å². The first-order chi connectivity index (χ1) is 21.0. The van der Waals surface area contributed by atoms with Crippen molar-refractivity contribution in [1.29, 1.82) is 0 Å². The number of carboxylic acid groups (broad SMARTS) is 1. The van der Waals surface area contributed by atoms with E-state index in [9.17, 15) is 9.90 Å². The van der Waals surface area contributed by atoms with Crippen LogP contribution in [0.1, 0.15) is 106 Å². The topological polar surface area (TPSA) is 92.8 Å². The molecular formula is C35H45N5O3S. The van der Waals surface area contributed by atoms with E-state index in [0.29, 0.717) is 16.9 Å². The number of ether oxygens (including phenoxy) is 1. The van der Waals surface area contributed by atoms with Crippen molar-refractivity contribution < 1.29 is 14.6 Å². The third kappa shape index (κ3) is 6.54. The van der Waals surface area contributed by atoms with E-state index in [2.05, 4.69) is 36.1 Å². The Labute approximate surface area is 264 Å². The summed E-state index contributed by atoms with van der Waals surface area (Å²) in [5, 5.41) is 16.3. The first kappa shape index (κ1) is 30.7. The van der Waals surface area contributed by atoms with Gasteiger partial charge >= 0.3 is 5.97 Å². The zero-order valence-corrected chi connectivity index (χ0v) is 27.5. The maximum Gasteiger partial charge on any atom is 0.337 e. The summed E-state index contributed by atoms with van der Waals surface area (Å²) in [6, 6.07) is 10.8. The molecule has 6 bridgehead atoms. The predicted molar refractivity (Wildman–Crippen MR) is 176 cm³/mol. The fourth-order valence-electron chi connectivity index (χ4n) is 6.82. The standard InChI is InChI=1S/C35H45N5O3S/c1-23-29(30(33(41)42)43-34(2,3)4)32-39-18-16-35(5,17-19-39)15-11-7-6-8-12-24-13-9-10-14-25(24)20-26-22-36-31(44-26)27-21-28(37-23)40(32)38-27/h9-10,13-14,21-22,30H,6-8,11-12,15-20H2,1-5H3,(H,41,42)/t30-/m0/s1. The number of hydrogen-bond acceptors (Lipinski definition) is 7. The highest BCUT2D eigenvalue weighted by atomic mass is 32.1. The maximum absolute atomic E-state index is 12.7. The summed E-state index contributed by atoms with van der Waals surface area (Å²) in [5.74, 6) is -0.247. The molecule has 3 aliphatic rings. The van der Waals surface area contributed by atoms with Gasteiger partial charge in [0.15, 0.2) is 11.8 Å². The van der Waals surface area contributed by atoms with Crippen molar-refractivity contribution in [1.82, 2.24) is 19.6 Å². The molecule has 0 spiro atoms. The zero-order valence-electron chi connectivity index (χ0n) is 26.7. The molecule has 0 aliphatic carbocycles. The van der Waals surface area contributed by atoms with Crippen molar-refractivity contribution >= 4 is 28.8 Å². The SMILES string of the molecule is Cc1nc2cc3nn2c(c1[C@H](OC(C)(C)C)C(=O)O)N1CCC(C)(CCCCCCc2ccccc2Cc2cnc-3s2)CC1. The van der Waals surface area contributed by atoms with Crippen molar-refractivity contribution in [2.75, 3.05) is 18.0 Å². The fraction of sp³-hybridized carbons (Fsp3) is 0.543. The van der Waals surface area contributed by atoms with E-state index >= 15 is 0 Å². The van der Waals surface area contributed by atoms with Crippen molar-refractivity contribution in [3.8, 4) is 10.7 Å². The predicted octanol–water partition coefficient (Wildman–Crippen LogP) is 7.81. The summed E-state index contributed by atoms with van der Waals surface area (Å²) >= 11 is 1.66. The number of aryl methyl sites for hydroxylation is 2. The number of anilines is 1. The molecule has 0 saturated carbocycles. The maximum atomic E-state index is 12.7. The molecule has 234 valence electrons. The molecule has 9 heteroatoms. The Hall–Kier alpha value is -3.30. The lowest BCUT2D eigenvalue weighted by Crippen LogP contribution is -2.41. The minimum Gasteiger partial charge on any atom is -0.479 e. The normalized spacial score (nSPS) is 18.3. The minimum atomic E-state index is -1.17. The number of piperidine rings is 1. The first-order valence-corrected chi connectivity index (χ1v) is 16.9. The van der Waals surface area contributed by atoms with E-state index in [1.807, 2.05) is 44.5 Å². The highest BCUT2D eigenvalue weighted by molar-refractivity contribution is 7.15. The number of carboxylic acids is 1. The number of carbonyl (C=O) groups is 1. The summed E-state index contributed by atoms with van der Waals surface area (Å²) in [7, 11) is 0. The van der Waals surface area contributed by atoms with Crippen LogP contribution in [0.5, 0.6) is 0 Å². The van der Waals surface area contributed by atoms with E-state index in [-0.39, 0.29) is 5.41 Å². The highest BCUT2D eigenvalue weighted by Gasteiger charge is 2.37. The number of hydrogen-bond donors (Lipinski definition) is 1. The van der Waals surface area contributed by atoms with Gasteiger partial charge in [-0.05, 0) is 76.3 Å². The Morgan fingerprint density at radius 3 is 2.52 bits per heavy atom. The van der Waals surface area contributed by atoms with Gasteiger partial charge in [0.05, 0.1) is 11.2 Å². The first-order valence-electron chi connectivity index (χ1n) is 16.1. The molecule has 6 heterocycles. The molecule has 44 heavy (non-hydrogen) atoms. The van der Waals surface area contributed by atoms with Gasteiger partial charge in [0.25, 0.3) is 0 Å². The molecule has 1 aromatic carbocycles. The van der Waals surface area contributed by atoms with Gasteiger partial charge in [-0.1, -0.05) is 50.5 Å². The highest BCUT2D eigenvalue weighted by Crippen LogP contribution is 2.41. The summed E-state index contributed by atoms with van der Waals surface area (Å²) in [4.78, 5) is 25.9. The van der Waals surface area contributed by atoms with Crippen LogP contribution < -0.4 is 4.90 Å². The van der Waals surface area contributed by atoms with Gasteiger partial charge in [-0.3, -0.25) is 0 Å². The zero-order chi connectivity index (χ0) is 31.1. The number of benzene rings is 1. The molecule has 3 aliphatic heterocycles. The van der Waals surface area contributed by atoms with Crippen LogP contribution in [-0.2, 0) is 22.4 Å². The van der Waals surface area contributed by atoms with Crippen LogP contribution in [0.4, 0.5) is 5.82 Å². The summed E-state index contributed by atoms with van der Waals surface area (Å²) in [6.07, 6.45) is 11.1. The number of aliphatic carboxylic acids is 1. The Balaban J connectivity index is 1.47. The summed E-state index contributed by atoms with van der Waals surface area (Å²) < 4.78 is 8.05. The van der Waals surface area contributed by atoms with Gasteiger partial charge in [0.1, 0.15) is 16.5 Å². The number of fused-ring (bicyclic) bond motifs is 7. The van der Waals surface area contributed by atoms with Crippen molar-refractivity contribution in [3.63, 3.8) is 0 Å². The van der Waals surface area contributed by atoms with Gasteiger partial charge in [0, 0.05) is 42.3 Å². The van der Waals surface area contributed by atoms with Crippen molar-refractivity contribution in [2.45, 2.75) is 104 Å². The molecule has 7 rings (SSSR count). The average molecular weight is 616 g/mol. The van der Waals surface area contributed by atoms with Crippen LogP contribution in [0.25, 0.3) is 16.3 Å². The molecule has 0 unspecified atom stereocenters. The number of rotatable bonds is 3. The second kappa shape index (κ2) is 12.2. The van der Waals surface area contributed by atoms with Crippen molar-refractivity contribution in [2.24, 2.45) is 5.41 Å². The third-order valence-corrected chi connectivity index (χ3v) is 10.3. The number of thiazole rings is 1. The van der Waals surface area contributed by atoms with Crippen molar-refractivity contribution in [3.05, 3.63) is 63.8 Å². The lowest BCUT2D eigenvalue weighted by atomic mass is 9.76. The van der Waals surface area contributed by atoms with Crippen LogP contribution in [0.15, 0.2) is 36.5 Å². The van der Waals surface area contributed by atoms with E-state index in [1.54, 1.807) is 11.3 Å². The van der Waals surface area contributed by atoms with E-state index in [0.717, 1.165) is 55.3 Å². The van der Waals surface area contributed by atoms with E-state index in [4.69, 9.17) is 19.8 Å². The fourth-order valence-corrected chi connectivity index (χ4v) is 7.71. The molecule has 3 aromatic heterocycles. The quantitative estimate of drug-likeness (QED) is 0.251. The van der Waals surface area contributed by atoms with Gasteiger partial charge in [0.2, 0.25) is 0 Å². The monoisotopic (exact) mass is 615 g/mol. The Bertz CT molecular complexity index is 1640. The van der Waals surface area contributed by atoms with Crippen LogP contribution in [0.2, 0.25) is 0 Å². The second-order valence-electron chi connectivity index (χ2n) is 14.0. The Morgan fingerprint density at radius 1 is 1.07 bits per heavy atom. The minimum absolute atomic E-state index is 0.270. The molecular weight excluding hydrogens is 570 g/mol.